The maximum absolute atomic E-state index is 13.0. The Kier molecular flexibility index (Phi) is 12.1. The first-order chi connectivity index (χ1) is 16.7. The third-order valence-electron chi connectivity index (χ3n) is 7.80. The van der Waals surface area contributed by atoms with Gasteiger partial charge in [-0.15, -0.1) is 0 Å². The molecular formula is C25H32N4Na2O6. The van der Waals surface area contributed by atoms with Gasteiger partial charge in [0.25, 0.3) is 5.91 Å². The Hall–Kier alpha value is -1.01. The molecule has 0 aromatic rings. The first-order valence-corrected chi connectivity index (χ1v) is 12.4. The third-order valence-corrected chi connectivity index (χ3v) is 7.80. The molecule has 190 valence electrons. The molecule has 10 nitrogen and oxygen atoms in total. The average Bonchev–Trinajstić information content (AvgIpc) is 3.28. The minimum atomic E-state index is -1.03. The molecule has 2 heterocycles. The van der Waals surface area contributed by atoms with E-state index in [1.54, 1.807) is 24.1 Å². The number of hydrogen-bond donors (Lipinski definition) is 1. The fourth-order valence-corrected chi connectivity index (χ4v) is 5.61. The van der Waals surface area contributed by atoms with Gasteiger partial charge in [0.1, 0.15) is 0 Å². The third kappa shape index (κ3) is 7.15. The van der Waals surface area contributed by atoms with Gasteiger partial charge in [-0.2, -0.15) is 10.2 Å². The summed E-state index contributed by atoms with van der Waals surface area (Å²) in [6, 6.07) is -0.131. The Morgan fingerprint density at radius 3 is 1.92 bits per heavy atom. The number of rotatable bonds is 6. The van der Waals surface area contributed by atoms with Crippen molar-refractivity contribution in [1.29, 1.82) is 0 Å². The second kappa shape index (κ2) is 13.9. The van der Waals surface area contributed by atoms with Crippen LogP contribution in [0.15, 0.2) is 34.0 Å². The molecule has 1 N–H and O–H groups in total. The van der Waals surface area contributed by atoms with Crippen molar-refractivity contribution in [1.82, 2.24) is 10.0 Å². The molecule has 37 heavy (non-hydrogen) atoms. The summed E-state index contributed by atoms with van der Waals surface area (Å²) in [4.78, 5) is 35.2. The van der Waals surface area contributed by atoms with Crippen LogP contribution in [0.25, 0.3) is 0 Å². The molecule has 2 fully saturated rings. The maximum atomic E-state index is 13.0. The summed E-state index contributed by atoms with van der Waals surface area (Å²) in [7, 11) is 0. The van der Waals surface area contributed by atoms with Crippen molar-refractivity contribution >= 4 is 29.3 Å². The number of aliphatic hydroxyl groups is 1. The molecule has 0 spiro atoms. The number of allylic oxidation sites excluding steroid dienone is 2. The minimum Gasteiger partial charge on any atom is -0.550 e. The van der Waals surface area contributed by atoms with Gasteiger partial charge in [-0.05, 0) is 83.1 Å². The second-order valence-corrected chi connectivity index (χ2v) is 10.0. The first-order valence-electron chi connectivity index (χ1n) is 12.4. The van der Waals surface area contributed by atoms with Crippen molar-refractivity contribution in [3.8, 4) is 0 Å². The maximum Gasteiger partial charge on any atom is 1.00 e. The van der Waals surface area contributed by atoms with Crippen LogP contribution < -0.4 is 69.3 Å². The number of carboxylic acids is 2. The average molecular weight is 531 g/mol. The van der Waals surface area contributed by atoms with Crippen molar-refractivity contribution in [2.24, 2.45) is 28.0 Å². The van der Waals surface area contributed by atoms with Crippen LogP contribution >= 0.6 is 0 Å². The standard InChI is InChI=1S/C25H34N4O6.2Na/c1-14-20(22(30)28(26-14)18-10-6-16(7-11-18)24(32)33)4-3-5-21-15(2)27-29(23(21)31)19-12-8-17(9-13-19)25(34)35;;/h3-5,16-20,22,30H,6-13H2,1-2H3,(H,32,33)(H,34,35);;/q;2*+1/p-2. The number of amides is 1. The number of carbonyl (C=O) groups excluding carboxylic acids is 3. The van der Waals surface area contributed by atoms with Crippen molar-refractivity contribution in [2.45, 2.75) is 83.5 Å². The molecule has 2 unspecified atom stereocenters. The van der Waals surface area contributed by atoms with Gasteiger partial charge in [0.15, 0.2) is 6.23 Å². The number of carbonyl (C=O) groups is 3. The monoisotopic (exact) mass is 530 g/mol. The van der Waals surface area contributed by atoms with Gasteiger partial charge in [0.05, 0.1) is 29.3 Å². The molecule has 0 aromatic carbocycles. The largest absolute Gasteiger partial charge is 1.00 e. The van der Waals surface area contributed by atoms with Gasteiger partial charge in [0, 0.05) is 17.7 Å². The van der Waals surface area contributed by atoms with E-state index in [2.05, 4.69) is 10.2 Å². The number of nitrogens with zero attached hydrogens (tertiary/aromatic N) is 4. The van der Waals surface area contributed by atoms with E-state index in [0.29, 0.717) is 62.7 Å². The Morgan fingerprint density at radius 1 is 0.892 bits per heavy atom. The van der Waals surface area contributed by atoms with Crippen LogP contribution in [0.4, 0.5) is 0 Å². The minimum absolute atomic E-state index is 0. The van der Waals surface area contributed by atoms with E-state index in [1.165, 1.54) is 5.01 Å². The topological polar surface area (TPSA) is 149 Å². The van der Waals surface area contributed by atoms with Gasteiger partial charge in [-0.25, -0.2) is 5.01 Å². The Balaban J connectivity index is 0.00000241. The van der Waals surface area contributed by atoms with Crippen LogP contribution in [-0.4, -0.2) is 62.7 Å². The molecule has 0 radical (unpaired) electrons. The van der Waals surface area contributed by atoms with Gasteiger partial charge >= 0.3 is 59.1 Å². The Labute approximate surface area is 261 Å². The zero-order valence-electron chi connectivity index (χ0n) is 22.1. The van der Waals surface area contributed by atoms with Crippen molar-refractivity contribution in [3.63, 3.8) is 0 Å². The van der Waals surface area contributed by atoms with Gasteiger partial charge in [-0.1, -0.05) is 12.2 Å². The van der Waals surface area contributed by atoms with Gasteiger partial charge in [0.2, 0.25) is 0 Å². The van der Waals surface area contributed by atoms with Crippen molar-refractivity contribution in [2.75, 3.05) is 0 Å². The summed E-state index contributed by atoms with van der Waals surface area (Å²) in [5, 5.41) is 45.2. The molecule has 2 aliphatic heterocycles. The number of hydrazone groups is 2. The molecule has 0 saturated heterocycles. The van der Waals surface area contributed by atoms with Crippen LogP contribution in [0.5, 0.6) is 0 Å². The SMILES string of the molecule is CC1=NN(C2CCC(C(=O)[O-])CC2)C(=O)C1=CC=CC1C(C)=NN(C2CCC(C(=O)[O-])CC2)C1O.[Na+].[Na+]. The predicted molar refractivity (Wildman–Crippen MR) is 123 cm³/mol. The molecule has 2 aliphatic carbocycles. The van der Waals surface area contributed by atoms with Crippen LogP contribution in [0.3, 0.4) is 0 Å². The summed E-state index contributed by atoms with van der Waals surface area (Å²) >= 11 is 0. The number of hydrogen-bond acceptors (Lipinski definition) is 9. The summed E-state index contributed by atoms with van der Waals surface area (Å²) in [6.07, 6.45) is 8.83. The quantitative estimate of drug-likeness (QED) is 0.265. The van der Waals surface area contributed by atoms with E-state index in [-0.39, 0.29) is 83.0 Å². The zero-order chi connectivity index (χ0) is 25.3. The van der Waals surface area contributed by atoms with Crippen LogP contribution in [0.1, 0.15) is 65.2 Å². The van der Waals surface area contributed by atoms with Crippen LogP contribution in [-0.2, 0) is 14.4 Å². The molecule has 12 heteroatoms. The number of aliphatic carboxylic acids is 2. The molecule has 4 aliphatic rings. The van der Waals surface area contributed by atoms with E-state index in [9.17, 15) is 29.7 Å². The van der Waals surface area contributed by atoms with Gasteiger partial charge < -0.3 is 24.9 Å². The molecule has 4 rings (SSSR count). The van der Waals surface area contributed by atoms with E-state index < -0.39 is 30.0 Å². The summed E-state index contributed by atoms with van der Waals surface area (Å²) < 4.78 is 0. The Bertz CT molecular complexity index is 997. The van der Waals surface area contributed by atoms with Crippen molar-refractivity contribution in [3.05, 3.63) is 23.8 Å². The molecule has 2 saturated carbocycles. The smallest absolute Gasteiger partial charge is 0.550 e. The second-order valence-electron chi connectivity index (χ2n) is 10.0. The van der Waals surface area contributed by atoms with E-state index in [1.807, 2.05) is 13.0 Å². The zero-order valence-corrected chi connectivity index (χ0v) is 26.1. The van der Waals surface area contributed by atoms with Gasteiger partial charge in [-0.3, -0.25) is 9.80 Å². The van der Waals surface area contributed by atoms with E-state index in [4.69, 9.17) is 0 Å². The van der Waals surface area contributed by atoms with Crippen LogP contribution in [0.2, 0.25) is 0 Å². The fourth-order valence-electron chi connectivity index (χ4n) is 5.61. The molecule has 0 aromatic heterocycles. The number of carboxylic acid groups (broad SMARTS) is 2. The van der Waals surface area contributed by atoms with Crippen molar-refractivity contribution < 1.29 is 88.8 Å². The fraction of sp³-hybridized carbons (Fsp3) is 0.640. The van der Waals surface area contributed by atoms with Crippen LogP contribution in [0, 0.1) is 17.8 Å². The Morgan fingerprint density at radius 2 is 1.41 bits per heavy atom. The van der Waals surface area contributed by atoms with E-state index >= 15 is 0 Å². The normalized spacial score (nSPS) is 33.2. The summed E-state index contributed by atoms with van der Waals surface area (Å²) in [5.74, 6) is -3.47. The summed E-state index contributed by atoms with van der Waals surface area (Å²) in [6.45, 7) is 3.61. The molecule has 0 bridgehead atoms. The number of aliphatic hydroxyl groups excluding tert-OH is 1. The molecular weight excluding hydrogens is 498 g/mol. The predicted octanol–water partition coefficient (Wildman–Crippen LogP) is -6.06. The molecule has 2 atom stereocenters. The summed E-state index contributed by atoms with van der Waals surface area (Å²) in [5.41, 5.74) is 1.83. The molecule has 1 amide bonds. The van der Waals surface area contributed by atoms with E-state index in [0.717, 1.165) is 5.71 Å². The first kappa shape index (κ1) is 32.2.